The fraction of sp³-hybridized carbons (Fsp3) is 0.308. The summed E-state index contributed by atoms with van der Waals surface area (Å²) in [4.78, 5) is 7.91. The second kappa shape index (κ2) is 7.89. The molecule has 3 aromatic rings. The minimum Gasteiger partial charge on any atom is -0.370 e. The molecule has 2 aliphatic heterocycles. The lowest BCUT2D eigenvalue weighted by molar-refractivity contribution is 0.188. The van der Waals surface area contributed by atoms with Gasteiger partial charge in [0.2, 0.25) is 0 Å². The smallest absolute Gasteiger partial charge is 0.0544 e. The van der Waals surface area contributed by atoms with Crippen LogP contribution in [0.5, 0.6) is 0 Å². The Morgan fingerprint density at radius 2 is 1.72 bits per heavy atom. The van der Waals surface area contributed by atoms with E-state index in [2.05, 4.69) is 96.6 Å². The Bertz CT molecular complexity index is 983. The molecule has 2 atom stereocenters. The van der Waals surface area contributed by atoms with Crippen molar-refractivity contribution in [3.63, 3.8) is 0 Å². The molecule has 3 aromatic carbocycles. The third kappa shape index (κ3) is 3.70. The van der Waals surface area contributed by atoms with E-state index < -0.39 is 0 Å². The molecule has 0 radical (unpaired) electrons. The predicted molar refractivity (Wildman–Crippen MR) is 123 cm³/mol. The third-order valence-corrected chi connectivity index (χ3v) is 7.50. The van der Waals surface area contributed by atoms with Gasteiger partial charge in [-0.25, -0.2) is 0 Å². The minimum absolute atomic E-state index is 0.603. The summed E-state index contributed by atoms with van der Waals surface area (Å²) < 4.78 is 0. The van der Waals surface area contributed by atoms with Crippen molar-refractivity contribution >= 4 is 17.4 Å². The number of aryl methyl sites for hydroxylation is 1. The minimum atomic E-state index is 0.603. The molecule has 5 rings (SSSR count). The summed E-state index contributed by atoms with van der Waals surface area (Å²) in [6.45, 7) is 5.53. The first-order valence-corrected chi connectivity index (χ1v) is 11.4. The number of anilines is 1. The molecular weight excluding hydrogens is 372 g/mol. The predicted octanol–water partition coefficient (Wildman–Crippen LogP) is 5.95. The van der Waals surface area contributed by atoms with E-state index in [0.717, 1.165) is 13.1 Å². The van der Waals surface area contributed by atoms with Gasteiger partial charge in [0.15, 0.2) is 0 Å². The number of likely N-dealkylation sites (tertiary alicyclic amines) is 1. The quantitative estimate of drug-likeness (QED) is 0.534. The molecule has 0 saturated carbocycles. The van der Waals surface area contributed by atoms with Gasteiger partial charge in [-0.2, -0.15) is 0 Å². The molecule has 1 fully saturated rings. The molecule has 2 heterocycles. The van der Waals surface area contributed by atoms with Gasteiger partial charge < -0.3 is 4.90 Å². The molecule has 0 amide bonds. The van der Waals surface area contributed by atoms with Crippen LogP contribution in [0.2, 0.25) is 0 Å². The van der Waals surface area contributed by atoms with Crippen LogP contribution in [0.15, 0.2) is 82.6 Å². The number of nitrogens with zero attached hydrogens (tertiary/aromatic N) is 2. The molecule has 0 aliphatic carbocycles. The van der Waals surface area contributed by atoms with Gasteiger partial charge in [0, 0.05) is 48.4 Å². The highest BCUT2D eigenvalue weighted by molar-refractivity contribution is 7.99. The standard InChI is InChI=1S/C26H28N2S/c1-19-11-13-21(14-12-19)29-25-10-6-9-22-23-18-28(17-20-7-4-3-5-8-20)16-15-24(23)27(2)26(22)25/h3-14,23-24H,15-18H2,1-2H3. The van der Waals surface area contributed by atoms with Gasteiger partial charge in [0.05, 0.1) is 5.69 Å². The normalized spacial score (nSPS) is 21.1. The van der Waals surface area contributed by atoms with Crippen LogP contribution in [0.1, 0.15) is 29.0 Å². The van der Waals surface area contributed by atoms with Gasteiger partial charge in [0.25, 0.3) is 0 Å². The van der Waals surface area contributed by atoms with Crippen molar-refractivity contribution in [2.45, 2.75) is 41.6 Å². The van der Waals surface area contributed by atoms with Gasteiger partial charge >= 0.3 is 0 Å². The molecule has 148 valence electrons. The van der Waals surface area contributed by atoms with Gasteiger partial charge in [-0.05, 0) is 42.7 Å². The topological polar surface area (TPSA) is 6.48 Å². The number of benzene rings is 3. The van der Waals surface area contributed by atoms with Gasteiger partial charge in [-0.1, -0.05) is 71.9 Å². The lowest BCUT2D eigenvalue weighted by atomic mass is 9.89. The summed E-state index contributed by atoms with van der Waals surface area (Å²) in [5, 5.41) is 0. The van der Waals surface area contributed by atoms with Gasteiger partial charge in [-0.3, -0.25) is 4.90 Å². The number of likely N-dealkylation sites (N-methyl/N-ethyl adjacent to an activating group) is 1. The average molecular weight is 401 g/mol. The summed E-state index contributed by atoms with van der Waals surface area (Å²) in [7, 11) is 2.30. The number of para-hydroxylation sites is 1. The van der Waals surface area contributed by atoms with Crippen molar-refractivity contribution in [1.82, 2.24) is 4.90 Å². The number of rotatable bonds is 4. The van der Waals surface area contributed by atoms with Crippen LogP contribution < -0.4 is 4.90 Å². The van der Waals surface area contributed by atoms with Crippen LogP contribution in [-0.2, 0) is 6.54 Å². The summed E-state index contributed by atoms with van der Waals surface area (Å²) in [6.07, 6.45) is 1.23. The zero-order chi connectivity index (χ0) is 19.8. The molecular formula is C26H28N2S. The molecule has 2 aliphatic rings. The maximum absolute atomic E-state index is 2.64. The van der Waals surface area contributed by atoms with Crippen molar-refractivity contribution in [2.75, 3.05) is 25.0 Å². The van der Waals surface area contributed by atoms with E-state index in [1.165, 1.54) is 45.1 Å². The highest BCUT2D eigenvalue weighted by Crippen LogP contribution is 2.49. The van der Waals surface area contributed by atoms with E-state index in [4.69, 9.17) is 0 Å². The van der Waals surface area contributed by atoms with Crippen LogP contribution in [-0.4, -0.2) is 31.1 Å². The second-order valence-electron chi connectivity index (χ2n) is 8.40. The summed E-state index contributed by atoms with van der Waals surface area (Å²) >= 11 is 1.90. The molecule has 0 bridgehead atoms. The highest BCUT2D eigenvalue weighted by atomic mass is 32.2. The Balaban J connectivity index is 1.40. The number of hydrogen-bond acceptors (Lipinski definition) is 3. The molecule has 1 saturated heterocycles. The molecule has 29 heavy (non-hydrogen) atoms. The first-order chi connectivity index (χ1) is 14.2. The molecule has 2 unspecified atom stereocenters. The first-order valence-electron chi connectivity index (χ1n) is 10.6. The van der Waals surface area contributed by atoms with E-state index in [1.807, 2.05) is 11.8 Å². The first kappa shape index (κ1) is 18.8. The summed E-state index contributed by atoms with van der Waals surface area (Å²) in [6, 6.07) is 27.3. The molecule has 3 heteroatoms. The van der Waals surface area contributed by atoms with Gasteiger partial charge in [-0.15, -0.1) is 0 Å². The highest BCUT2D eigenvalue weighted by Gasteiger charge is 2.41. The summed E-state index contributed by atoms with van der Waals surface area (Å²) in [5.41, 5.74) is 5.72. The van der Waals surface area contributed by atoms with Crippen LogP contribution in [0.4, 0.5) is 5.69 Å². The maximum Gasteiger partial charge on any atom is 0.0544 e. The van der Waals surface area contributed by atoms with E-state index in [-0.39, 0.29) is 0 Å². The number of fused-ring (bicyclic) bond motifs is 3. The van der Waals surface area contributed by atoms with Crippen LogP contribution in [0.3, 0.4) is 0 Å². The number of hydrogen-bond donors (Lipinski definition) is 0. The lowest BCUT2D eigenvalue weighted by Crippen LogP contribution is -2.44. The summed E-state index contributed by atoms with van der Waals surface area (Å²) in [5.74, 6) is 0.603. The van der Waals surface area contributed by atoms with Crippen molar-refractivity contribution in [2.24, 2.45) is 0 Å². The maximum atomic E-state index is 2.64. The van der Waals surface area contributed by atoms with E-state index >= 15 is 0 Å². The van der Waals surface area contributed by atoms with Crippen molar-refractivity contribution in [1.29, 1.82) is 0 Å². The van der Waals surface area contributed by atoms with E-state index in [0.29, 0.717) is 12.0 Å². The Morgan fingerprint density at radius 3 is 2.52 bits per heavy atom. The Hall–Kier alpha value is -2.23. The average Bonchev–Trinajstić information content (AvgIpc) is 3.03. The molecule has 0 aromatic heterocycles. The van der Waals surface area contributed by atoms with Crippen molar-refractivity contribution in [3.8, 4) is 0 Å². The monoisotopic (exact) mass is 400 g/mol. The largest absolute Gasteiger partial charge is 0.370 e. The molecule has 2 nitrogen and oxygen atoms in total. The fourth-order valence-electron chi connectivity index (χ4n) is 4.96. The van der Waals surface area contributed by atoms with Crippen LogP contribution in [0, 0.1) is 6.92 Å². The Labute approximate surface area is 178 Å². The Kier molecular flexibility index (Phi) is 5.11. The fourth-order valence-corrected chi connectivity index (χ4v) is 5.99. The molecule has 0 N–H and O–H groups in total. The lowest BCUT2D eigenvalue weighted by Gasteiger charge is -2.37. The van der Waals surface area contributed by atoms with Crippen LogP contribution in [0.25, 0.3) is 0 Å². The zero-order valence-electron chi connectivity index (χ0n) is 17.2. The van der Waals surface area contributed by atoms with Crippen molar-refractivity contribution in [3.05, 3.63) is 89.5 Å². The van der Waals surface area contributed by atoms with E-state index in [1.54, 1.807) is 0 Å². The van der Waals surface area contributed by atoms with Crippen LogP contribution >= 0.6 is 11.8 Å². The third-order valence-electron chi connectivity index (χ3n) is 6.44. The van der Waals surface area contributed by atoms with Gasteiger partial charge in [0.1, 0.15) is 0 Å². The number of piperidine rings is 1. The molecule has 0 spiro atoms. The SMILES string of the molecule is Cc1ccc(Sc2cccc3c2N(C)C2CCN(Cc4ccccc4)CC32)cc1. The second-order valence-corrected chi connectivity index (χ2v) is 9.52. The van der Waals surface area contributed by atoms with E-state index in [9.17, 15) is 0 Å². The zero-order valence-corrected chi connectivity index (χ0v) is 18.0. The van der Waals surface area contributed by atoms with Crippen molar-refractivity contribution < 1.29 is 0 Å². The Morgan fingerprint density at radius 1 is 0.931 bits per heavy atom.